The van der Waals surface area contributed by atoms with E-state index in [-0.39, 0.29) is 11.5 Å². The first-order valence-corrected chi connectivity index (χ1v) is 11.1. The van der Waals surface area contributed by atoms with E-state index in [0.717, 1.165) is 12.8 Å². The summed E-state index contributed by atoms with van der Waals surface area (Å²) in [7, 11) is 0. The van der Waals surface area contributed by atoms with E-state index in [0.29, 0.717) is 18.1 Å². The van der Waals surface area contributed by atoms with Crippen molar-refractivity contribution >= 4 is 11.9 Å². The highest BCUT2D eigenvalue weighted by atomic mass is 16.5. The molecule has 0 saturated carbocycles. The van der Waals surface area contributed by atoms with E-state index >= 15 is 0 Å². The van der Waals surface area contributed by atoms with Crippen molar-refractivity contribution in [1.82, 2.24) is 0 Å². The molecule has 158 valence electrons. The third kappa shape index (κ3) is 10.5. The molecule has 1 N–H and O–H groups in total. The minimum Gasteiger partial charge on any atom is -0.478 e. The first-order valence-electron chi connectivity index (χ1n) is 11.1. The predicted molar refractivity (Wildman–Crippen MR) is 114 cm³/mol. The summed E-state index contributed by atoms with van der Waals surface area (Å²) in [5, 5.41) is 8.95. The number of carboxylic acid groups (broad SMARTS) is 1. The van der Waals surface area contributed by atoms with E-state index in [1.165, 1.54) is 88.5 Å². The molecular weight excluding hydrogens is 352 g/mol. The highest BCUT2D eigenvalue weighted by molar-refractivity contribution is 5.92. The third-order valence-corrected chi connectivity index (χ3v) is 5.25. The number of aromatic carboxylic acids is 1. The molecule has 0 radical (unpaired) electrons. The normalized spacial score (nSPS) is 11.9. The van der Waals surface area contributed by atoms with Gasteiger partial charge in [0.15, 0.2) is 0 Å². The minimum absolute atomic E-state index is 0.174. The summed E-state index contributed by atoms with van der Waals surface area (Å²) >= 11 is 0. The summed E-state index contributed by atoms with van der Waals surface area (Å²) in [5.41, 5.74) is 0.586. The molecule has 0 saturated heterocycles. The number of carbonyl (C=O) groups is 2. The van der Waals surface area contributed by atoms with E-state index in [2.05, 4.69) is 13.8 Å². The van der Waals surface area contributed by atoms with Crippen LogP contribution in [0.25, 0.3) is 0 Å². The highest BCUT2D eigenvalue weighted by Crippen LogP contribution is 2.20. The van der Waals surface area contributed by atoms with Crippen LogP contribution in [0, 0.1) is 5.92 Å². The zero-order chi connectivity index (χ0) is 20.6. The second kappa shape index (κ2) is 15.1. The molecule has 28 heavy (non-hydrogen) atoms. The zero-order valence-electron chi connectivity index (χ0n) is 17.8. The first-order chi connectivity index (χ1) is 13.6. The average Bonchev–Trinajstić information content (AvgIpc) is 2.71. The van der Waals surface area contributed by atoms with Crippen molar-refractivity contribution in [3.05, 3.63) is 35.4 Å². The van der Waals surface area contributed by atoms with Gasteiger partial charge in [0.1, 0.15) is 0 Å². The van der Waals surface area contributed by atoms with Gasteiger partial charge in [0.2, 0.25) is 0 Å². The Morgan fingerprint density at radius 1 is 0.786 bits per heavy atom. The van der Waals surface area contributed by atoms with Crippen LogP contribution in [-0.4, -0.2) is 23.7 Å². The predicted octanol–water partition coefficient (Wildman–Crippen LogP) is 6.88. The number of rotatable bonds is 16. The summed E-state index contributed by atoms with van der Waals surface area (Å²) < 4.78 is 5.56. The van der Waals surface area contributed by atoms with E-state index in [1.807, 2.05) is 0 Å². The lowest BCUT2D eigenvalue weighted by molar-refractivity contribution is 0.0421. The van der Waals surface area contributed by atoms with Gasteiger partial charge in [-0.2, -0.15) is 0 Å². The quantitative estimate of drug-likeness (QED) is 0.247. The van der Waals surface area contributed by atoms with Crippen LogP contribution in [0.15, 0.2) is 24.3 Å². The van der Waals surface area contributed by atoms with Crippen LogP contribution in [0.4, 0.5) is 0 Å². The van der Waals surface area contributed by atoms with Crippen molar-refractivity contribution in [3.8, 4) is 0 Å². The minimum atomic E-state index is -0.994. The monoisotopic (exact) mass is 390 g/mol. The molecule has 0 heterocycles. The number of carbonyl (C=O) groups excluding carboxylic acids is 1. The second-order valence-corrected chi connectivity index (χ2v) is 7.75. The largest absolute Gasteiger partial charge is 0.478 e. The van der Waals surface area contributed by atoms with Crippen LogP contribution in [-0.2, 0) is 4.74 Å². The number of esters is 1. The Kier molecular flexibility index (Phi) is 13.1. The summed E-state index contributed by atoms with van der Waals surface area (Å²) in [6.07, 6.45) is 14.8. The topological polar surface area (TPSA) is 63.6 Å². The van der Waals surface area contributed by atoms with Gasteiger partial charge in [0, 0.05) is 0 Å². The summed E-state index contributed by atoms with van der Waals surface area (Å²) in [6, 6.07) is 5.93. The second-order valence-electron chi connectivity index (χ2n) is 7.75. The molecule has 0 spiro atoms. The fraction of sp³-hybridized carbons (Fsp3) is 0.667. The van der Waals surface area contributed by atoms with Crippen molar-refractivity contribution in [1.29, 1.82) is 0 Å². The van der Waals surface area contributed by atoms with Gasteiger partial charge >= 0.3 is 11.9 Å². The summed E-state index contributed by atoms with van der Waals surface area (Å²) in [6.45, 7) is 4.90. The number of unbranched alkanes of at least 4 members (excludes halogenated alkanes) is 8. The molecule has 1 aromatic rings. The number of ether oxygens (including phenoxy) is 1. The summed E-state index contributed by atoms with van der Waals surface area (Å²) in [5.74, 6) is -0.935. The van der Waals surface area contributed by atoms with E-state index in [4.69, 9.17) is 9.84 Å². The van der Waals surface area contributed by atoms with Crippen LogP contribution in [0.2, 0.25) is 0 Å². The van der Waals surface area contributed by atoms with Crippen molar-refractivity contribution in [2.75, 3.05) is 6.61 Å². The molecule has 4 heteroatoms. The summed E-state index contributed by atoms with van der Waals surface area (Å²) in [4.78, 5) is 23.2. The van der Waals surface area contributed by atoms with Gasteiger partial charge in [0.25, 0.3) is 0 Å². The molecule has 1 aromatic carbocycles. The van der Waals surface area contributed by atoms with E-state index in [9.17, 15) is 9.59 Å². The molecule has 1 unspecified atom stereocenters. The molecule has 0 aliphatic carbocycles. The fourth-order valence-corrected chi connectivity index (χ4v) is 3.41. The maximum Gasteiger partial charge on any atom is 0.338 e. The van der Waals surface area contributed by atoms with Crippen LogP contribution < -0.4 is 0 Å². The van der Waals surface area contributed by atoms with Gasteiger partial charge in [-0.15, -0.1) is 0 Å². The Bertz CT molecular complexity index is 550. The van der Waals surface area contributed by atoms with Gasteiger partial charge in [-0.25, -0.2) is 9.59 Å². The number of hydrogen-bond acceptors (Lipinski definition) is 3. The molecule has 1 atom stereocenters. The molecule has 4 nitrogen and oxygen atoms in total. The number of benzene rings is 1. The van der Waals surface area contributed by atoms with Crippen molar-refractivity contribution in [3.63, 3.8) is 0 Å². The lowest BCUT2D eigenvalue weighted by Gasteiger charge is -2.17. The molecule has 0 aliphatic heterocycles. The van der Waals surface area contributed by atoms with Crippen molar-refractivity contribution in [2.24, 2.45) is 5.92 Å². The van der Waals surface area contributed by atoms with Gasteiger partial charge in [0.05, 0.1) is 17.7 Å². The first kappa shape index (κ1) is 24.2. The van der Waals surface area contributed by atoms with Gasteiger partial charge in [-0.05, 0) is 43.0 Å². The standard InChI is InChI=1S/C24H38O4/c1-3-5-7-9-10-12-14-20(13-11-8-6-4-2)19-28-24(27)22-17-15-21(16-18-22)23(25)26/h15-18,20H,3-14,19H2,1-2H3,(H,25,26). The van der Waals surface area contributed by atoms with E-state index < -0.39 is 5.97 Å². The number of carboxylic acids is 1. The Morgan fingerprint density at radius 2 is 1.25 bits per heavy atom. The maximum absolute atomic E-state index is 12.3. The lowest BCUT2D eigenvalue weighted by atomic mass is 9.95. The van der Waals surface area contributed by atoms with Crippen LogP contribution in [0.3, 0.4) is 0 Å². The lowest BCUT2D eigenvalue weighted by Crippen LogP contribution is -2.15. The Hall–Kier alpha value is -1.84. The molecule has 0 fully saturated rings. The highest BCUT2D eigenvalue weighted by Gasteiger charge is 2.14. The Morgan fingerprint density at radius 3 is 1.79 bits per heavy atom. The molecule has 0 aromatic heterocycles. The number of hydrogen-bond donors (Lipinski definition) is 1. The van der Waals surface area contributed by atoms with E-state index in [1.54, 1.807) is 0 Å². The van der Waals surface area contributed by atoms with Gasteiger partial charge < -0.3 is 9.84 Å². The van der Waals surface area contributed by atoms with Gasteiger partial charge in [-0.1, -0.05) is 78.1 Å². The molecule has 0 aliphatic rings. The van der Waals surface area contributed by atoms with Crippen LogP contribution in [0.5, 0.6) is 0 Å². The van der Waals surface area contributed by atoms with Crippen LogP contribution in [0.1, 0.15) is 112 Å². The van der Waals surface area contributed by atoms with Crippen molar-refractivity contribution in [2.45, 2.75) is 90.9 Å². The van der Waals surface area contributed by atoms with Crippen molar-refractivity contribution < 1.29 is 19.4 Å². The molecule has 0 amide bonds. The average molecular weight is 391 g/mol. The molecule has 0 bridgehead atoms. The maximum atomic E-state index is 12.3. The molecule has 1 rings (SSSR count). The van der Waals surface area contributed by atoms with Gasteiger partial charge in [-0.3, -0.25) is 0 Å². The van der Waals surface area contributed by atoms with Crippen LogP contribution >= 0.6 is 0 Å². The zero-order valence-corrected chi connectivity index (χ0v) is 17.8. The molecular formula is C24H38O4. The smallest absolute Gasteiger partial charge is 0.338 e. The third-order valence-electron chi connectivity index (χ3n) is 5.25. The Balaban J connectivity index is 2.44. The fourth-order valence-electron chi connectivity index (χ4n) is 3.41. The Labute approximate surface area is 170 Å². The SMILES string of the molecule is CCCCCCCCC(CCCCCC)COC(=O)c1ccc(C(=O)O)cc1.